The largest absolute Gasteiger partial charge is 0.396 e. The molecule has 1 aromatic heterocycles. The Balaban J connectivity index is 2.05. The molecule has 0 saturated carbocycles. The number of carbonyl (C=O) groups excluding carboxylic acids is 1. The summed E-state index contributed by atoms with van der Waals surface area (Å²) in [7, 11) is 0. The van der Waals surface area contributed by atoms with Gasteiger partial charge >= 0.3 is 0 Å². The second-order valence-corrected chi connectivity index (χ2v) is 6.67. The number of nitrogens with zero attached hydrogens (tertiary/aromatic N) is 1. The molecule has 0 radical (unpaired) electrons. The Hall–Kier alpha value is -1.85. The third kappa shape index (κ3) is 5.65. The molecule has 0 aliphatic carbocycles. The van der Waals surface area contributed by atoms with Gasteiger partial charge in [-0.05, 0) is 29.7 Å². The number of hydrogen-bond donors (Lipinski definition) is 2. The van der Waals surface area contributed by atoms with Crippen LogP contribution in [0.15, 0.2) is 48.7 Å². The molecule has 2 N–H and O–H groups in total. The van der Waals surface area contributed by atoms with Gasteiger partial charge in [-0.3, -0.25) is 4.79 Å². The van der Waals surface area contributed by atoms with E-state index < -0.39 is 0 Å². The van der Waals surface area contributed by atoms with E-state index in [1.165, 1.54) is 0 Å². The first-order valence-corrected chi connectivity index (χ1v) is 9.39. The number of nitrogens with one attached hydrogen (secondary N) is 1. The monoisotopic (exact) mass is 344 g/mol. The molecule has 0 fully saturated rings. The van der Waals surface area contributed by atoms with Gasteiger partial charge in [0.2, 0.25) is 5.91 Å². The highest BCUT2D eigenvalue weighted by atomic mass is 32.2. The van der Waals surface area contributed by atoms with E-state index in [0.29, 0.717) is 11.6 Å². The van der Waals surface area contributed by atoms with Crippen molar-refractivity contribution in [2.45, 2.75) is 31.4 Å². The summed E-state index contributed by atoms with van der Waals surface area (Å²) in [5.41, 5.74) is 2.12. The summed E-state index contributed by atoms with van der Waals surface area (Å²) >= 11 is 1.65. The second kappa shape index (κ2) is 10.1. The molecule has 0 aliphatic rings. The number of benzene rings is 1. The van der Waals surface area contributed by atoms with Gasteiger partial charge in [-0.2, -0.15) is 11.8 Å². The van der Waals surface area contributed by atoms with Gasteiger partial charge in [0.05, 0.1) is 12.5 Å². The van der Waals surface area contributed by atoms with Crippen molar-refractivity contribution in [2.24, 2.45) is 0 Å². The van der Waals surface area contributed by atoms with Crippen LogP contribution in [0.2, 0.25) is 0 Å². The van der Waals surface area contributed by atoms with Crippen molar-refractivity contribution in [3.63, 3.8) is 0 Å². The Labute approximate surface area is 147 Å². The van der Waals surface area contributed by atoms with Gasteiger partial charge in [-0.15, -0.1) is 0 Å². The Bertz CT molecular complexity index is 634. The standard InChI is InChI=1S/C19H24N2O2S/c1-2-6-17(16-7-4-3-5-8-16)19(23)21-18-13-15(9-10-20-18)14-24-12-11-22/h3-5,7-10,13,17,22H,2,6,11-12,14H2,1H3,(H,20,21,23). The molecule has 0 spiro atoms. The molecule has 2 aromatic rings. The highest BCUT2D eigenvalue weighted by molar-refractivity contribution is 7.98. The van der Waals surface area contributed by atoms with Gasteiger partial charge < -0.3 is 10.4 Å². The third-order valence-corrected chi connectivity index (χ3v) is 4.68. The maximum Gasteiger partial charge on any atom is 0.233 e. The van der Waals surface area contributed by atoms with Gasteiger partial charge in [-0.1, -0.05) is 43.7 Å². The molecular formula is C19H24N2O2S. The normalized spacial score (nSPS) is 11.9. The minimum absolute atomic E-state index is 0.0179. The predicted octanol–water partition coefficient (Wildman–Crippen LogP) is 3.83. The summed E-state index contributed by atoms with van der Waals surface area (Å²) < 4.78 is 0. The van der Waals surface area contributed by atoms with E-state index in [0.717, 1.165) is 29.7 Å². The summed E-state index contributed by atoms with van der Waals surface area (Å²) in [6, 6.07) is 13.7. The molecule has 0 bridgehead atoms. The lowest BCUT2D eigenvalue weighted by Crippen LogP contribution is -2.21. The van der Waals surface area contributed by atoms with Crippen LogP contribution in [0.25, 0.3) is 0 Å². The first kappa shape index (κ1) is 18.5. The van der Waals surface area contributed by atoms with E-state index in [9.17, 15) is 4.79 Å². The minimum Gasteiger partial charge on any atom is -0.396 e. The van der Waals surface area contributed by atoms with Crippen LogP contribution in [0.1, 0.15) is 36.8 Å². The fourth-order valence-electron chi connectivity index (χ4n) is 2.52. The van der Waals surface area contributed by atoms with Crippen molar-refractivity contribution >= 4 is 23.5 Å². The van der Waals surface area contributed by atoms with E-state index in [2.05, 4.69) is 17.2 Å². The van der Waals surface area contributed by atoms with Crippen molar-refractivity contribution in [3.05, 3.63) is 59.8 Å². The number of amides is 1. The van der Waals surface area contributed by atoms with Crippen LogP contribution in [0.4, 0.5) is 5.82 Å². The van der Waals surface area contributed by atoms with E-state index in [1.54, 1.807) is 18.0 Å². The maximum atomic E-state index is 12.7. The molecule has 1 aromatic carbocycles. The van der Waals surface area contributed by atoms with Crippen LogP contribution >= 0.6 is 11.8 Å². The molecule has 5 heteroatoms. The first-order valence-electron chi connectivity index (χ1n) is 8.24. The van der Waals surface area contributed by atoms with Gasteiger partial charge in [0, 0.05) is 17.7 Å². The predicted molar refractivity (Wildman–Crippen MR) is 100 cm³/mol. The quantitative estimate of drug-likeness (QED) is 0.679. The first-order chi connectivity index (χ1) is 11.7. The summed E-state index contributed by atoms with van der Waals surface area (Å²) in [4.78, 5) is 16.9. The van der Waals surface area contributed by atoms with Crippen LogP contribution in [0.5, 0.6) is 0 Å². The smallest absolute Gasteiger partial charge is 0.233 e. The van der Waals surface area contributed by atoms with Crippen molar-refractivity contribution < 1.29 is 9.90 Å². The molecule has 1 atom stereocenters. The molecule has 0 saturated heterocycles. The summed E-state index contributed by atoms with van der Waals surface area (Å²) in [6.07, 6.45) is 3.46. The minimum atomic E-state index is -0.162. The molecule has 24 heavy (non-hydrogen) atoms. The van der Waals surface area contributed by atoms with Crippen LogP contribution in [0.3, 0.4) is 0 Å². The lowest BCUT2D eigenvalue weighted by atomic mass is 9.93. The molecule has 1 unspecified atom stereocenters. The molecule has 128 valence electrons. The molecule has 2 rings (SSSR count). The number of aliphatic hydroxyl groups excluding tert-OH is 1. The molecule has 1 heterocycles. The second-order valence-electron chi connectivity index (χ2n) is 5.57. The highest BCUT2D eigenvalue weighted by Crippen LogP contribution is 2.23. The van der Waals surface area contributed by atoms with Gasteiger partial charge in [0.25, 0.3) is 0 Å². The third-order valence-electron chi connectivity index (χ3n) is 3.68. The summed E-state index contributed by atoms with van der Waals surface area (Å²) in [6.45, 7) is 2.26. The van der Waals surface area contributed by atoms with Gasteiger partial charge in [0.15, 0.2) is 0 Å². The Kier molecular flexibility index (Phi) is 7.79. The van der Waals surface area contributed by atoms with Crippen LogP contribution in [-0.4, -0.2) is 28.4 Å². The lowest BCUT2D eigenvalue weighted by molar-refractivity contribution is -0.117. The molecule has 0 aliphatic heterocycles. The number of rotatable bonds is 9. The Morgan fingerprint density at radius 1 is 1.29 bits per heavy atom. The van der Waals surface area contributed by atoms with Crippen LogP contribution < -0.4 is 5.32 Å². The molecular weight excluding hydrogens is 320 g/mol. The topological polar surface area (TPSA) is 62.2 Å². The summed E-state index contributed by atoms with van der Waals surface area (Å²) in [5, 5.41) is 11.8. The number of anilines is 1. The zero-order valence-corrected chi connectivity index (χ0v) is 14.8. The average Bonchev–Trinajstić information content (AvgIpc) is 2.61. The van der Waals surface area contributed by atoms with Crippen molar-refractivity contribution in [3.8, 4) is 0 Å². The van der Waals surface area contributed by atoms with Crippen molar-refractivity contribution in [2.75, 3.05) is 17.7 Å². The van der Waals surface area contributed by atoms with E-state index in [-0.39, 0.29) is 18.4 Å². The van der Waals surface area contributed by atoms with Crippen molar-refractivity contribution in [1.29, 1.82) is 0 Å². The Morgan fingerprint density at radius 2 is 2.08 bits per heavy atom. The van der Waals surface area contributed by atoms with E-state index in [4.69, 9.17) is 5.11 Å². The average molecular weight is 344 g/mol. The molecule has 4 nitrogen and oxygen atoms in total. The fraction of sp³-hybridized carbons (Fsp3) is 0.368. The lowest BCUT2D eigenvalue weighted by Gasteiger charge is -2.16. The van der Waals surface area contributed by atoms with Crippen LogP contribution in [-0.2, 0) is 10.5 Å². The zero-order chi connectivity index (χ0) is 17.2. The van der Waals surface area contributed by atoms with E-state index >= 15 is 0 Å². The number of carbonyl (C=O) groups is 1. The number of aromatic nitrogens is 1. The number of thioether (sulfide) groups is 1. The van der Waals surface area contributed by atoms with Gasteiger partial charge in [-0.25, -0.2) is 4.98 Å². The maximum absolute atomic E-state index is 12.7. The van der Waals surface area contributed by atoms with Crippen molar-refractivity contribution in [1.82, 2.24) is 4.98 Å². The number of hydrogen-bond acceptors (Lipinski definition) is 4. The van der Waals surface area contributed by atoms with E-state index in [1.807, 2.05) is 42.5 Å². The number of pyridine rings is 1. The fourth-order valence-corrected chi connectivity index (χ4v) is 3.21. The van der Waals surface area contributed by atoms with Gasteiger partial charge in [0.1, 0.15) is 5.82 Å². The number of aliphatic hydroxyl groups is 1. The van der Waals surface area contributed by atoms with Crippen LogP contribution in [0, 0.1) is 0 Å². The highest BCUT2D eigenvalue weighted by Gasteiger charge is 2.20. The summed E-state index contributed by atoms with van der Waals surface area (Å²) in [5.74, 6) is 1.90. The SMILES string of the molecule is CCCC(C(=O)Nc1cc(CSCCO)ccn1)c1ccccc1. The zero-order valence-electron chi connectivity index (χ0n) is 13.9. The Morgan fingerprint density at radius 3 is 2.79 bits per heavy atom. The molecule has 1 amide bonds.